The fourth-order valence-corrected chi connectivity index (χ4v) is 6.41. The van der Waals surface area contributed by atoms with Gasteiger partial charge in [-0.3, -0.25) is 9.55 Å². The number of pyridine rings is 1. The van der Waals surface area contributed by atoms with Crippen molar-refractivity contribution in [3.63, 3.8) is 0 Å². The molecule has 8 aromatic rings. The van der Waals surface area contributed by atoms with E-state index >= 15 is 0 Å². The molecule has 0 saturated carbocycles. The van der Waals surface area contributed by atoms with Crippen LogP contribution >= 0.6 is 0 Å². The number of imidazole rings is 1. The number of nitrogens with zero attached hydrogens (tertiary/aromatic N) is 3. The lowest BCUT2D eigenvalue weighted by Crippen LogP contribution is -2.11. The molecule has 0 aliphatic carbocycles. The molecule has 2 heterocycles. The standard InChI is InChI=1S/C49H43N3O/c1-31-19-21-34(22-20-31)36-23-24-50-44(29-36)38-26-37(27-39(28-38)49(4,5)6)41-16-12-17-45-47(41)51-48(42-15-10-11-18-46(42)53)52(45)40-25-32(2)33(3)43(30-40)35-13-8-7-9-14-35/h7-30,53H,1-6H3/i1D3,2D3,3D3,19D,20D,21D,22D,23D,24D,29D. The van der Waals surface area contributed by atoms with Crippen LogP contribution < -0.4 is 0 Å². The van der Waals surface area contributed by atoms with Gasteiger partial charge < -0.3 is 5.11 Å². The molecule has 4 nitrogen and oxygen atoms in total. The second-order valence-electron chi connectivity index (χ2n) is 13.7. The largest absolute Gasteiger partial charge is 0.507 e. The molecule has 4 heteroatoms. The third-order valence-electron chi connectivity index (χ3n) is 9.15. The molecule has 0 amide bonds. The molecule has 0 spiro atoms. The number of phenols is 1. The van der Waals surface area contributed by atoms with E-state index in [1.807, 2.05) is 26.8 Å². The monoisotopic (exact) mass is 705 g/mol. The van der Waals surface area contributed by atoms with Crippen molar-refractivity contribution >= 4 is 11.0 Å². The number of para-hydroxylation sites is 2. The van der Waals surface area contributed by atoms with Gasteiger partial charge in [0.25, 0.3) is 0 Å². The number of aryl methyl sites for hydroxylation is 1. The lowest BCUT2D eigenvalue weighted by Gasteiger charge is -2.22. The summed E-state index contributed by atoms with van der Waals surface area (Å²) in [6.45, 7) is -2.86. The van der Waals surface area contributed by atoms with Crippen LogP contribution in [0.4, 0.5) is 0 Å². The summed E-state index contributed by atoms with van der Waals surface area (Å²) in [5.74, 6) is 0.0451. The molecule has 0 unspecified atom stereocenters. The predicted molar refractivity (Wildman–Crippen MR) is 221 cm³/mol. The van der Waals surface area contributed by atoms with Crippen LogP contribution in [0.5, 0.6) is 5.75 Å². The first-order valence-electron chi connectivity index (χ1n) is 24.9. The Balaban J connectivity index is 1.44. The summed E-state index contributed by atoms with van der Waals surface area (Å²) in [6, 6.07) is 24.2. The van der Waals surface area contributed by atoms with Gasteiger partial charge in [0.2, 0.25) is 0 Å². The van der Waals surface area contributed by atoms with Crippen molar-refractivity contribution in [3.05, 3.63) is 168 Å². The van der Waals surface area contributed by atoms with Crippen molar-refractivity contribution in [2.24, 2.45) is 0 Å². The van der Waals surface area contributed by atoms with Crippen LogP contribution in [0.25, 0.3) is 72.7 Å². The maximum absolute atomic E-state index is 11.3. The van der Waals surface area contributed by atoms with Crippen molar-refractivity contribution in [1.29, 1.82) is 0 Å². The first-order valence-corrected chi connectivity index (χ1v) is 16.9. The first-order chi connectivity index (χ1) is 32.1. The van der Waals surface area contributed by atoms with Gasteiger partial charge in [-0.25, -0.2) is 4.98 Å². The fraction of sp³-hybridized carbons (Fsp3) is 0.143. The first kappa shape index (κ1) is 20.1. The summed E-state index contributed by atoms with van der Waals surface area (Å²) in [6.07, 6.45) is -0.639. The van der Waals surface area contributed by atoms with Crippen LogP contribution in [0.1, 0.15) is 65.0 Å². The summed E-state index contributed by atoms with van der Waals surface area (Å²) >= 11 is 0. The highest BCUT2D eigenvalue weighted by Gasteiger charge is 2.23. The molecular weight excluding hydrogens is 647 g/mol. The Kier molecular flexibility index (Phi) is 5.07. The minimum absolute atomic E-state index is 0.136. The smallest absolute Gasteiger partial charge is 0.149 e. The maximum atomic E-state index is 11.3. The Morgan fingerprint density at radius 1 is 0.660 bits per heavy atom. The third-order valence-corrected chi connectivity index (χ3v) is 9.15. The lowest BCUT2D eigenvalue weighted by atomic mass is 9.83. The van der Waals surface area contributed by atoms with Crippen LogP contribution in [0.2, 0.25) is 0 Å². The van der Waals surface area contributed by atoms with Gasteiger partial charge in [-0.2, -0.15) is 0 Å². The Morgan fingerprint density at radius 2 is 1.43 bits per heavy atom. The number of rotatable bonds is 6. The number of benzene rings is 6. The molecule has 1 N–H and O–H groups in total. The number of aromatic hydroxyl groups is 1. The number of hydrogen-bond donors (Lipinski definition) is 1. The van der Waals surface area contributed by atoms with Crippen LogP contribution in [-0.4, -0.2) is 19.6 Å². The zero-order valence-corrected chi connectivity index (χ0v) is 29.1. The van der Waals surface area contributed by atoms with E-state index in [4.69, 9.17) is 25.5 Å². The van der Waals surface area contributed by atoms with Gasteiger partial charge in [0.05, 0.1) is 31.9 Å². The highest BCUT2D eigenvalue weighted by molar-refractivity contribution is 5.97. The summed E-state index contributed by atoms with van der Waals surface area (Å²) in [5, 5.41) is 11.3. The van der Waals surface area contributed by atoms with Gasteiger partial charge in [0.1, 0.15) is 11.6 Å². The van der Waals surface area contributed by atoms with Gasteiger partial charge in [-0.1, -0.05) is 111 Å². The molecule has 0 saturated heterocycles. The zero-order valence-electron chi connectivity index (χ0n) is 45.1. The number of hydrogen-bond acceptors (Lipinski definition) is 3. The molecule has 0 aliphatic heterocycles. The molecule has 0 radical (unpaired) electrons. The second-order valence-corrected chi connectivity index (χ2v) is 13.7. The van der Waals surface area contributed by atoms with E-state index in [9.17, 15) is 6.48 Å². The molecule has 6 aromatic carbocycles. The van der Waals surface area contributed by atoms with Crippen molar-refractivity contribution in [2.75, 3.05) is 0 Å². The van der Waals surface area contributed by atoms with Gasteiger partial charge in [-0.05, 0) is 125 Å². The summed E-state index contributed by atoms with van der Waals surface area (Å²) in [4.78, 5) is 9.49. The van der Waals surface area contributed by atoms with Crippen molar-refractivity contribution in [1.82, 2.24) is 14.5 Å². The maximum Gasteiger partial charge on any atom is 0.149 e. The van der Waals surface area contributed by atoms with E-state index in [0.717, 1.165) is 5.56 Å². The Labute approximate surface area is 334 Å². The summed E-state index contributed by atoms with van der Waals surface area (Å²) in [7, 11) is 0. The Hall–Kier alpha value is -6.26. The topological polar surface area (TPSA) is 50.9 Å². The van der Waals surface area contributed by atoms with E-state index in [0.29, 0.717) is 27.7 Å². The second kappa shape index (κ2) is 13.4. The van der Waals surface area contributed by atoms with Crippen LogP contribution in [0.3, 0.4) is 0 Å². The Bertz CT molecular complexity index is 3340. The van der Waals surface area contributed by atoms with E-state index in [1.165, 1.54) is 12.1 Å². The van der Waals surface area contributed by atoms with E-state index in [-0.39, 0.29) is 45.2 Å². The molecular formula is C49H43N3O. The number of aromatic nitrogens is 3. The van der Waals surface area contributed by atoms with Crippen molar-refractivity contribution in [3.8, 4) is 67.5 Å². The van der Waals surface area contributed by atoms with Crippen molar-refractivity contribution in [2.45, 2.75) is 46.7 Å². The molecule has 8 rings (SSSR count). The van der Waals surface area contributed by atoms with Crippen molar-refractivity contribution < 1.29 is 27.0 Å². The lowest BCUT2D eigenvalue weighted by molar-refractivity contribution is 0.477. The molecule has 0 atom stereocenters. The van der Waals surface area contributed by atoms with Crippen LogP contribution in [-0.2, 0) is 5.41 Å². The Morgan fingerprint density at radius 3 is 2.19 bits per heavy atom. The SMILES string of the molecule is [2H]c1nc(-c2cc(-c3cccc4c3nc(-c3ccccc3O)n4-c3cc(-c4ccccc4)c(C([2H])([2H])[2H])c(C([2H])([2H])[2H])c3)cc(C(C)(C)C)c2)c([2H])c(-c2c([2H])c([2H])c(C([2H])([2H])[2H])c([2H])c2[2H])c1[2H]. The molecule has 0 bridgehead atoms. The van der Waals surface area contributed by atoms with E-state index in [1.54, 1.807) is 89.5 Å². The normalized spacial score (nSPS) is 16.7. The van der Waals surface area contributed by atoms with Gasteiger partial charge >= 0.3 is 0 Å². The van der Waals surface area contributed by atoms with E-state index < -0.39 is 90.7 Å². The van der Waals surface area contributed by atoms with E-state index in [2.05, 4.69) is 4.98 Å². The molecule has 260 valence electrons. The molecule has 2 aromatic heterocycles. The van der Waals surface area contributed by atoms with Crippen LogP contribution in [0, 0.1) is 20.6 Å². The summed E-state index contributed by atoms with van der Waals surface area (Å²) in [5.41, 5.74) is 0.775. The average Bonchev–Trinajstić information content (AvgIpc) is 3.66. The highest BCUT2D eigenvalue weighted by atomic mass is 16.3. The quantitative estimate of drug-likeness (QED) is 0.187. The minimum Gasteiger partial charge on any atom is -0.507 e. The molecule has 0 aliphatic rings. The van der Waals surface area contributed by atoms with Gasteiger partial charge in [0.15, 0.2) is 0 Å². The number of phenolic OH excluding ortho intramolecular Hbond substituents is 1. The molecule has 53 heavy (non-hydrogen) atoms. The number of fused-ring (bicyclic) bond motifs is 1. The predicted octanol–water partition coefficient (Wildman–Crippen LogP) is 12.7. The zero-order chi connectivity index (χ0) is 50.4. The fourth-order valence-electron chi connectivity index (χ4n) is 6.41. The van der Waals surface area contributed by atoms with Gasteiger partial charge in [0, 0.05) is 35.3 Å². The van der Waals surface area contributed by atoms with Crippen LogP contribution in [0.15, 0.2) is 146 Å². The average molecular weight is 706 g/mol. The summed E-state index contributed by atoms with van der Waals surface area (Å²) < 4.78 is 138. The third kappa shape index (κ3) is 6.42. The van der Waals surface area contributed by atoms with Gasteiger partial charge in [-0.15, -0.1) is 0 Å². The minimum atomic E-state index is -3.00. The highest BCUT2D eigenvalue weighted by Crippen LogP contribution is 2.41. The molecule has 0 fully saturated rings.